The van der Waals surface area contributed by atoms with Crippen LogP contribution in [0.3, 0.4) is 0 Å². The zero-order valence-electron chi connectivity index (χ0n) is 4.68. The Balaban J connectivity index is 3.64. The van der Waals surface area contributed by atoms with Crippen LogP contribution in [-0.4, -0.2) is 23.3 Å². The Morgan fingerprint density at radius 3 is 2.00 bits per heavy atom. The molecule has 0 rings (SSSR count). The van der Waals surface area contributed by atoms with E-state index in [0.29, 0.717) is 0 Å². The summed E-state index contributed by atoms with van der Waals surface area (Å²) in [5.74, 6) is -1.21. The number of ketones is 2. The summed E-state index contributed by atoms with van der Waals surface area (Å²) in [6, 6.07) is 0. The van der Waals surface area contributed by atoms with Crippen molar-refractivity contribution >= 4 is 11.6 Å². The van der Waals surface area contributed by atoms with E-state index in [4.69, 9.17) is 5.11 Å². The van der Waals surface area contributed by atoms with Gasteiger partial charge in [-0.2, -0.15) is 0 Å². The van der Waals surface area contributed by atoms with Crippen molar-refractivity contribution in [3.63, 3.8) is 0 Å². The summed E-state index contributed by atoms with van der Waals surface area (Å²) in [5, 5.41) is 8.07. The fourth-order valence-electron chi connectivity index (χ4n) is 0.285. The Morgan fingerprint density at radius 1 is 1.38 bits per heavy atom. The lowest BCUT2D eigenvalue weighted by molar-refractivity contribution is -0.137. The molecule has 0 radical (unpaired) electrons. The number of hydrogen-bond acceptors (Lipinski definition) is 3. The second kappa shape index (κ2) is 3.32. The topological polar surface area (TPSA) is 54.4 Å². The first kappa shape index (κ1) is 7.30. The van der Waals surface area contributed by atoms with Crippen LogP contribution in [0.25, 0.3) is 0 Å². The van der Waals surface area contributed by atoms with Crippen LogP contribution in [0.2, 0.25) is 0 Å². The minimum atomic E-state index is -0.701. The Bertz CT molecular complexity index is 92.2. The van der Waals surface area contributed by atoms with Crippen LogP contribution < -0.4 is 0 Å². The van der Waals surface area contributed by atoms with Crippen molar-refractivity contribution in [1.29, 1.82) is 0 Å². The predicted molar refractivity (Wildman–Crippen MR) is 27.4 cm³/mol. The van der Waals surface area contributed by atoms with E-state index < -0.39 is 18.2 Å². The van der Waals surface area contributed by atoms with E-state index in [0.717, 1.165) is 0 Å². The summed E-state index contributed by atoms with van der Waals surface area (Å²) in [7, 11) is 0. The maximum Gasteiger partial charge on any atom is 0.223 e. The molecule has 0 saturated carbocycles. The van der Waals surface area contributed by atoms with E-state index in [2.05, 4.69) is 0 Å². The molecule has 46 valence electrons. The van der Waals surface area contributed by atoms with Crippen LogP contribution in [0.1, 0.15) is 13.3 Å². The van der Waals surface area contributed by atoms with Gasteiger partial charge in [-0.25, -0.2) is 0 Å². The molecule has 0 bridgehead atoms. The van der Waals surface area contributed by atoms with E-state index in [1.165, 1.54) is 0 Å². The highest BCUT2D eigenvalue weighted by atomic mass is 16.3. The third-order valence-electron chi connectivity index (χ3n) is 0.776. The lowest BCUT2D eigenvalue weighted by Crippen LogP contribution is -2.15. The Labute approximate surface area is 47.3 Å². The zero-order valence-corrected chi connectivity index (χ0v) is 4.68. The maximum absolute atomic E-state index is 10.2. The van der Waals surface area contributed by atoms with Crippen LogP contribution in [0.4, 0.5) is 0 Å². The summed E-state index contributed by atoms with van der Waals surface area (Å²) in [4.78, 5) is 20.4. The average Bonchev–Trinajstić information content (AvgIpc) is 1.84. The first-order valence-corrected chi connectivity index (χ1v) is 2.39. The lowest BCUT2D eigenvalue weighted by atomic mass is 10.2. The summed E-state index contributed by atoms with van der Waals surface area (Å²) in [6.07, 6.45) is 0.180. The van der Waals surface area contributed by atoms with Gasteiger partial charge < -0.3 is 5.11 Å². The monoisotopic (exact) mass is 116 g/mol. The van der Waals surface area contributed by atoms with Gasteiger partial charge in [0.1, 0.15) is 6.61 Å². The molecular weight excluding hydrogens is 108 g/mol. The molecule has 3 heteroatoms. The van der Waals surface area contributed by atoms with Gasteiger partial charge in [-0.3, -0.25) is 9.59 Å². The molecule has 0 aromatic rings. The molecule has 0 spiro atoms. The van der Waals surface area contributed by atoms with Crippen LogP contribution in [0.5, 0.6) is 0 Å². The Hall–Kier alpha value is -0.700. The highest BCUT2D eigenvalue weighted by molar-refractivity contribution is 6.37. The second-order valence-electron chi connectivity index (χ2n) is 1.36. The van der Waals surface area contributed by atoms with Crippen LogP contribution in [0, 0.1) is 0 Å². The smallest absolute Gasteiger partial charge is 0.223 e. The average molecular weight is 116 g/mol. The van der Waals surface area contributed by atoms with Crippen LogP contribution in [-0.2, 0) is 9.59 Å². The molecule has 0 aromatic heterocycles. The summed E-state index contributed by atoms with van der Waals surface area (Å²) in [5.41, 5.74) is 0. The third-order valence-corrected chi connectivity index (χ3v) is 0.776. The van der Waals surface area contributed by atoms with Crippen molar-refractivity contribution < 1.29 is 14.7 Å². The summed E-state index contributed by atoms with van der Waals surface area (Å²) < 4.78 is 0. The largest absolute Gasteiger partial charge is 0.388 e. The zero-order chi connectivity index (χ0) is 6.57. The molecule has 3 nitrogen and oxygen atoms in total. The van der Waals surface area contributed by atoms with Gasteiger partial charge in [-0.15, -0.1) is 0 Å². The van der Waals surface area contributed by atoms with E-state index in [-0.39, 0.29) is 6.42 Å². The molecule has 0 aliphatic carbocycles. The van der Waals surface area contributed by atoms with Crippen LogP contribution in [0.15, 0.2) is 0 Å². The number of carbonyl (C=O) groups excluding carboxylic acids is 2. The highest BCUT2D eigenvalue weighted by Crippen LogP contribution is 1.80. The van der Waals surface area contributed by atoms with Crippen LogP contribution >= 0.6 is 0 Å². The minimum absolute atomic E-state index is 0.180. The minimum Gasteiger partial charge on any atom is -0.388 e. The van der Waals surface area contributed by atoms with Crippen molar-refractivity contribution in [1.82, 2.24) is 0 Å². The fourth-order valence-corrected chi connectivity index (χ4v) is 0.285. The van der Waals surface area contributed by atoms with Gasteiger partial charge in [-0.1, -0.05) is 6.92 Å². The molecule has 0 aliphatic rings. The van der Waals surface area contributed by atoms with Crippen molar-refractivity contribution in [2.45, 2.75) is 13.3 Å². The number of hydrogen-bond donors (Lipinski definition) is 1. The quantitative estimate of drug-likeness (QED) is 0.507. The highest BCUT2D eigenvalue weighted by Gasteiger charge is 2.07. The Morgan fingerprint density at radius 2 is 1.88 bits per heavy atom. The van der Waals surface area contributed by atoms with Crippen molar-refractivity contribution in [3.8, 4) is 0 Å². The van der Waals surface area contributed by atoms with Gasteiger partial charge in [0.05, 0.1) is 0 Å². The summed E-state index contributed by atoms with van der Waals surface area (Å²) in [6.45, 7) is 0.919. The summed E-state index contributed by atoms with van der Waals surface area (Å²) >= 11 is 0. The molecule has 0 aliphatic heterocycles. The number of carbonyl (C=O) groups is 2. The maximum atomic E-state index is 10.2. The second-order valence-corrected chi connectivity index (χ2v) is 1.36. The van der Waals surface area contributed by atoms with Crippen molar-refractivity contribution in [3.05, 3.63) is 0 Å². The Kier molecular flexibility index (Phi) is 3.03. The van der Waals surface area contributed by atoms with Gasteiger partial charge in [0, 0.05) is 6.42 Å². The first-order chi connectivity index (χ1) is 3.72. The van der Waals surface area contributed by atoms with Crippen molar-refractivity contribution in [2.75, 3.05) is 6.61 Å². The standard InChI is InChI=1S/C5H8O3/c1-2-4(7)5(8)3-6/h6H,2-3H2,1H3. The van der Waals surface area contributed by atoms with Gasteiger partial charge >= 0.3 is 0 Å². The normalized spacial score (nSPS) is 8.75. The molecule has 1 N–H and O–H groups in total. The number of aliphatic hydroxyl groups excluding tert-OH is 1. The third kappa shape index (κ3) is 1.84. The molecule has 0 saturated heterocycles. The van der Waals surface area contributed by atoms with Crippen molar-refractivity contribution in [2.24, 2.45) is 0 Å². The van der Waals surface area contributed by atoms with E-state index >= 15 is 0 Å². The van der Waals surface area contributed by atoms with Gasteiger partial charge in [0.2, 0.25) is 11.6 Å². The molecule has 0 atom stereocenters. The molecule has 8 heavy (non-hydrogen) atoms. The van der Waals surface area contributed by atoms with Gasteiger partial charge in [0.25, 0.3) is 0 Å². The lowest BCUT2D eigenvalue weighted by Gasteiger charge is -1.87. The van der Waals surface area contributed by atoms with Gasteiger partial charge in [-0.05, 0) is 0 Å². The molecule has 0 heterocycles. The molecule has 0 aromatic carbocycles. The SMILES string of the molecule is CCC(=O)C(=O)CO. The van der Waals surface area contributed by atoms with Gasteiger partial charge in [0.15, 0.2) is 0 Å². The van der Waals surface area contributed by atoms with E-state index in [9.17, 15) is 9.59 Å². The van der Waals surface area contributed by atoms with E-state index in [1.54, 1.807) is 6.92 Å². The van der Waals surface area contributed by atoms with E-state index in [1.807, 2.05) is 0 Å². The molecular formula is C5H8O3. The number of rotatable bonds is 3. The predicted octanol–water partition coefficient (Wildman–Crippen LogP) is -0.473. The fraction of sp³-hybridized carbons (Fsp3) is 0.600. The number of aliphatic hydroxyl groups is 1. The molecule has 0 amide bonds. The molecule has 0 unspecified atom stereocenters. The first-order valence-electron chi connectivity index (χ1n) is 2.39. The number of Topliss-reactive ketones (excluding diaryl/α,β-unsaturated/α-hetero) is 2. The molecule has 0 fully saturated rings.